The molecule has 0 atom stereocenters. The second-order valence-corrected chi connectivity index (χ2v) is 7.02. The van der Waals surface area contributed by atoms with Gasteiger partial charge in [-0.2, -0.15) is 0 Å². The fourth-order valence-corrected chi connectivity index (χ4v) is 2.28. The van der Waals surface area contributed by atoms with Gasteiger partial charge in [0.15, 0.2) is 0 Å². The van der Waals surface area contributed by atoms with E-state index in [4.69, 9.17) is 14.4 Å². The van der Waals surface area contributed by atoms with E-state index in [9.17, 15) is 0 Å². The highest BCUT2D eigenvalue weighted by Gasteiger charge is 2.27. The van der Waals surface area contributed by atoms with Crippen molar-refractivity contribution < 1.29 is 18.9 Å². The Kier molecular flexibility index (Phi) is 6.62. The molecule has 0 unspecified atom stereocenters. The van der Waals surface area contributed by atoms with Gasteiger partial charge in [-0.3, -0.25) is 0 Å². The van der Waals surface area contributed by atoms with Crippen LogP contribution in [0.2, 0.25) is 6.04 Å². The number of rotatable bonds is 8. The molecule has 92 valence electrons. The first-order chi connectivity index (χ1) is 6.77. The standard InChI is InChI=1S/C10H26NO3Si/c1-4-5-6-8-11(2,3)9-7-10-15(12,13)14/h12-14H,4-10H2,1-3H3/q+1. The van der Waals surface area contributed by atoms with Gasteiger partial charge in [0.25, 0.3) is 0 Å². The van der Waals surface area contributed by atoms with Crippen molar-refractivity contribution in [3.05, 3.63) is 0 Å². The molecule has 4 nitrogen and oxygen atoms in total. The maximum Gasteiger partial charge on any atom is 0.492 e. The van der Waals surface area contributed by atoms with Crippen molar-refractivity contribution in [1.82, 2.24) is 0 Å². The molecule has 0 aliphatic rings. The summed E-state index contributed by atoms with van der Waals surface area (Å²) in [6.07, 6.45) is 4.36. The Balaban J connectivity index is 3.64. The van der Waals surface area contributed by atoms with Crippen LogP contribution in [0.3, 0.4) is 0 Å². The zero-order chi connectivity index (χ0) is 11.9. The van der Waals surface area contributed by atoms with E-state index in [1.807, 2.05) is 0 Å². The Morgan fingerprint density at radius 1 is 0.933 bits per heavy atom. The van der Waals surface area contributed by atoms with Gasteiger partial charge in [-0.05, 0) is 12.8 Å². The van der Waals surface area contributed by atoms with Crippen LogP contribution >= 0.6 is 0 Å². The topological polar surface area (TPSA) is 60.7 Å². The summed E-state index contributed by atoms with van der Waals surface area (Å²) in [4.78, 5) is 26.6. The molecule has 0 aromatic heterocycles. The lowest BCUT2D eigenvalue weighted by Gasteiger charge is -2.30. The van der Waals surface area contributed by atoms with E-state index in [1.165, 1.54) is 19.3 Å². The lowest BCUT2D eigenvalue weighted by atomic mass is 10.2. The van der Waals surface area contributed by atoms with Gasteiger partial charge in [-0.1, -0.05) is 13.3 Å². The first-order valence-electron chi connectivity index (χ1n) is 5.76. The van der Waals surface area contributed by atoms with E-state index in [2.05, 4.69) is 21.0 Å². The highest BCUT2D eigenvalue weighted by Crippen LogP contribution is 2.09. The minimum atomic E-state index is -3.81. The lowest BCUT2D eigenvalue weighted by Crippen LogP contribution is -2.43. The van der Waals surface area contributed by atoms with Crippen LogP contribution in [0.25, 0.3) is 0 Å². The average molecular weight is 236 g/mol. The summed E-state index contributed by atoms with van der Waals surface area (Å²) in [5, 5.41) is 0. The molecule has 0 amide bonds. The molecular weight excluding hydrogens is 210 g/mol. The summed E-state index contributed by atoms with van der Waals surface area (Å²) in [5.41, 5.74) is 0. The Morgan fingerprint density at radius 2 is 1.47 bits per heavy atom. The number of nitrogens with zero attached hydrogens (tertiary/aromatic N) is 1. The smallest absolute Gasteiger partial charge is 0.390 e. The maximum absolute atomic E-state index is 8.87. The van der Waals surface area contributed by atoms with Crippen molar-refractivity contribution in [3.8, 4) is 0 Å². The van der Waals surface area contributed by atoms with Gasteiger partial charge in [0, 0.05) is 12.5 Å². The number of quaternary nitrogens is 1. The first kappa shape index (κ1) is 15.1. The van der Waals surface area contributed by atoms with Crippen molar-refractivity contribution >= 4 is 8.80 Å². The van der Waals surface area contributed by atoms with Gasteiger partial charge >= 0.3 is 8.80 Å². The molecule has 0 saturated carbocycles. The predicted octanol–water partition coefficient (Wildman–Crippen LogP) is 0.559. The highest BCUT2D eigenvalue weighted by molar-refractivity contribution is 6.56. The number of hydrogen-bond donors (Lipinski definition) is 3. The molecule has 0 saturated heterocycles. The van der Waals surface area contributed by atoms with E-state index in [0.717, 1.165) is 17.6 Å². The van der Waals surface area contributed by atoms with Gasteiger partial charge in [0.2, 0.25) is 0 Å². The normalized spacial score (nSPS) is 13.2. The van der Waals surface area contributed by atoms with E-state index in [-0.39, 0.29) is 6.04 Å². The van der Waals surface area contributed by atoms with Gasteiger partial charge < -0.3 is 18.9 Å². The molecule has 0 rings (SSSR count). The molecule has 0 spiro atoms. The molecule has 0 bridgehead atoms. The van der Waals surface area contributed by atoms with E-state index < -0.39 is 8.80 Å². The summed E-state index contributed by atoms with van der Waals surface area (Å²) < 4.78 is 0.893. The highest BCUT2D eigenvalue weighted by atomic mass is 28.4. The molecule has 0 aromatic carbocycles. The van der Waals surface area contributed by atoms with Crippen LogP contribution in [0.4, 0.5) is 0 Å². The van der Waals surface area contributed by atoms with Gasteiger partial charge in [0.05, 0.1) is 27.2 Å². The molecule has 0 fully saturated rings. The van der Waals surface area contributed by atoms with E-state index in [0.29, 0.717) is 6.42 Å². The third-order valence-corrected chi connectivity index (χ3v) is 3.67. The minimum absolute atomic E-state index is 0.155. The largest absolute Gasteiger partial charge is 0.492 e. The van der Waals surface area contributed by atoms with Gasteiger partial charge in [-0.15, -0.1) is 0 Å². The summed E-state index contributed by atoms with van der Waals surface area (Å²) >= 11 is 0. The molecule has 5 heteroatoms. The molecule has 0 heterocycles. The zero-order valence-corrected chi connectivity index (χ0v) is 11.2. The third-order valence-electron chi connectivity index (χ3n) is 2.64. The van der Waals surface area contributed by atoms with Crippen LogP contribution in [-0.2, 0) is 0 Å². The predicted molar refractivity (Wildman–Crippen MR) is 63.2 cm³/mol. The van der Waals surface area contributed by atoms with Crippen molar-refractivity contribution in [1.29, 1.82) is 0 Å². The molecule has 3 N–H and O–H groups in total. The minimum Gasteiger partial charge on any atom is -0.390 e. The molecular formula is C10H26NO3Si+. The molecule has 0 radical (unpaired) electrons. The molecule has 0 aromatic rings. The fourth-order valence-electron chi connectivity index (χ4n) is 1.65. The third kappa shape index (κ3) is 10.3. The van der Waals surface area contributed by atoms with Crippen molar-refractivity contribution in [3.63, 3.8) is 0 Å². The van der Waals surface area contributed by atoms with Gasteiger partial charge in [0.1, 0.15) is 0 Å². The second-order valence-electron chi connectivity index (χ2n) is 4.97. The first-order valence-corrected chi connectivity index (χ1v) is 7.81. The zero-order valence-electron chi connectivity index (χ0n) is 10.2. The fraction of sp³-hybridized carbons (Fsp3) is 1.00. The Labute approximate surface area is 94.1 Å². The summed E-state index contributed by atoms with van der Waals surface area (Å²) in [7, 11) is 0.483. The van der Waals surface area contributed by atoms with Crippen LogP contribution in [0.5, 0.6) is 0 Å². The maximum atomic E-state index is 8.87. The molecule has 0 aliphatic carbocycles. The summed E-state index contributed by atoms with van der Waals surface area (Å²) in [5.74, 6) is 0. The lowest BCUT2D eigenvalue weighted by molar-refractivity contribution is -0.890. The summed E-state index contributed by atoms with van der Waals surface area (Å²) in [6, 6.07) is 0.155. The quantitative estimate of drug-likeness (QED) is 0.328. The van der Waals surface area contributed by atoms with Crippen LogP contribution in [-0.4, -0.2) is 54.9 Å². The van der Waals surface area contributed by atoms with Crippen LogP contribution < -0.4 is 0 Å². The van der Waals surface area contributed by atoms with Gasteiger partial charge in [-0.25, -0.2) is 0 Å². The Hall–Kier alpha value is 0.0569. The molecule has 15 heavy (non-hydrogen) atoms. The van der Waals surface area contributed by atoms with Crippen LogP contribution in [0.1, 0.15) is 32.6 Å². The van der Waals surface area contributed by atoms with E-state index in [1.54, 1.807) is 0 Å². The number of hydrogen-bond acceptors (Lipinski definition) is 3. The monoisotopic (exact) mass is 236 g/mol. The van der Waals surface area contributed by atoms with Crippen molar-refractivity contribution in [2.24, 2.45) is 0 Å². The molecule has 0 aliphatic heterocycles. The Morgan fingerprint density at radius 3 is 1.93 bits per heavy atom. The van der Waals surface area contributed by atoms with Crippen molar-refractivity contribution in [2.45, 2.75) is 38.7 Å². The number of unbranched alkanes of at least 4 members (excludes halogenated alkanes) is 2. The Bertz CT molecular complexity index is 169. The van der Waals surface area contributed by atoms with Crippen LogP contribution in [0, 0.1) is 0 Å². The van der Waals surface area contributed by atoms with Crippen LogP contribution in [0.15, 0.2) is 0 Å². The average Bonchev–Trinajstić information content (AvgIpc) is 2.01. The SMILES string of the molecule is CCCCC[N+](C)(C)CCC[Si](O)(O)O. The van der Waals surface area contributed by atoms with E-state index >= 15 is 0 Å². The van der Waals surface area contributed by atoms with Crippen molar-refractivity contribution in [2.75, 3.05) is 27.2 Å². The summed E-state index contributed by atoms with van der Waals surface area (Å²) in [6.45, 7) is 4.19. The second kappa shape index (κ2) is 6.60.